The summed E-state index contributed by atoms with van der Waals surface area (Å²) in [6, 6.07) is 16.7. The third kappa shape index (κ3) is 4.76. The van der Waals surface area contributed by atoms with Gasteiger partial charge in [0.05, 0.1) is 5.56 Å². The Morgan fingerprint density at radius 1 is 1.00 bits per heavy atom. The first-order valence-corrected chi connectivity index (χ1v) is 8.38. The first-order chi connectivity index (χ1) is 13.0. The monoisotopic (exact) mass is 363 g/mol. The molecule has 0 bridgehead atoms. The number of benzene rings is 2. The van der Waals surface area contributed by atoms with Gasteiger partial charge in [-0.2, -0.15) is 0 Å². The van der Waals surface area contributed by atoms with E-state index in [9.17, 15) is 14.0 Å². The number of hydrogen-bond donors (Lipinski definition) is 2. The summed E-state index contributed by atoms with van der Waals surface area (Å²) in [5, 5.41) is 5.75. The minimum atomic E-state index is -0.358. The zero-order valence-electron chi connectivity index (χ0n) is 14.7. The van der Waals surface area contributed by atoms with Crippen molar-refractivity contribution in [1.29, 1.82) is 0 Å². The predicted octanol–water partition coefficient (Wildman–Crippen LogP) is 4.10. The molecule has 0 aliphatic carbocycles. The second-order valence-corrected chi connectivity index (χ2v) is 5.97. The van der Waals surface area contributed by atoms with Gasteiger partial charge in [0.15, 0.2) is 5.78 Å². The molecule has 27 heavy (non-hydrogen) atoms. The Balaban J connectivity index is 1.63. The molecule has 3 aromatic rings. The molecule has 0 atom stereocenters. The number of Topliss-reactive ketones (excluding diaryl/α,β-unsaturated/α-hetero) is 1. The molecule has 136 valence electrons. The van der Waals surface area contributed by atoms with Gasteiger partial charge in [0, 0.05) is 29.6 Å². The molecule has 3 rings (SSSR count). The first kappa shape index (κ1) is 18.3. The van der Waals surface area contributed by atoms with Gasteiger partial charge in [0.1, 0.15) is 11.6 Å². The normalized spacial score (nSPS) is 10.3. The van der Waals surface area contributed by atoms with E-state index in [0.29, 0.717) is 22.5 Å². The van der Waals surface area contributed by atoms with E-state index in [4.69, 9.17) is 0 Å². The molecular weight excluding hydrogens is 345 g/mol. The van der Waals surface area contributed by atoms with Crippen molar-refractivity contribution in [3.63, 3.8) is 0 Å². The smallest absolute Gasteiger partial charge is 0.253 e. The fraction of sp³-hybridized carbons (Fsp3) is 0.0952. The highest BCUT2D eigenvalue weighted by Gasteiger charge is 2.08. The number of rotatable bonds is 6. The summed E-state index contributed by atoms with van der Waals surface area (Å²) in [4.78, 5) is 27.8. The maximum atomic E-state index is 13.6. The fourth-order valence-electron chi connectivity index (χ4n) is 2.49. The molecule has 0 saturated carbocycles. The van der Waals surface area contributed by atoms with E-state index in [1.807, 2.05) is 6.07 Å². The topological polar surface area (TPSA) is 71.1 Å². The minimum Gasteiger partial charge on any atom is -0.348 e. The molecule has 0 radical (unpaired) electrons. The summed E-state index contributed by atoms with van der Waals surface area (Å²) in [6.45, 7) is 1.61. The summed E-state index contributed by atoms with van der Waals surface area (Å²) >= 11 is 0. The number of ketones is 1. The van der Waals surface area contributed by atoms with Crippen LogP contribution in [0.5, 0.6) is 0 Å². The van der Waals surface area contributed by atoms with Crippen molar-refractivity contribution in [2.24, 2.45) is 0 Å². The SMILES string of the molecule is CC(=O)c1cccc(Nc2ccc(C(=O)NCc3ccccc3F)cn2)c1. The van der Waals surface area contributed by atoms with Crippen molar-refractivity contribution in [1.82, 2.24) is 10.3 Å². The van der Waals surface area contributed by atoms with Crippen LogP contribution in [0.1, 0.15) is 33.2 Å². The molecule has 0 spiro atoms. The van der Waals surface area contributed by atoms with Crippen LogP contribution < -0.4 is 10.6 Å². The standard InChI is InChI=1S/C21H18FN3O2/c1-14(26)15-6-4-7-18(11-15)25-20-10-9-17(13-23-20)21(27)24-12-16-5-2-3-8-19(16)22/h2-11,13H,12H2,1H3,(H,23,25)(H,24,27). The molecule has 2 aromatic carbocycles. The second-order valence-electron chi connectivity index (χ2n) is 5.97. The summed E-state index contributed by atoms with van der Waals surface area (Å²) in [6.07, 6.45) is 1.44. The van der Waals surface area contributed by atoms with Gasteiger partial charge in [0.2, 0.25) is 0 Å². The van der Waals surface area contributed by atoms with E-state index in [-0.39, 0.29) is 24.1 Å². The van der Waals surface area contributed by atoms with Gasteiger partial charge in [-0.1, -0.05) is 30.3 Å². The van der Waals surface area contributed by atoms with Crippen LogP contribution in [0.2, 0.25) is 0 Å². The lowest BCUT2D eigenvalue weighted by Crippen LogP contribution is -2.23. The summed E-state index contributed by atoms with van der Waals surface area (Å²) in [7, 11) is 0. The maximum Gasteiger partial charge on any atom is 0.253 e. The van der Waals surface area contributed by atoms with Crippen LogP contribution in [0.25, 0.3) is 0 Å². The van der Waals surface area contributed by atoms with Crippen molar-refractivity contribution < 1.29 is 14.0 Å². The van der Waals surface area contributed by atoms with Crippen LogP contribution in [-0.4, -0.2) is 16.7 Å². The second kappa shape index (κ2) is 8.23. The third-order valence-corrected chi connectivity index (χ3v) is 3.96. The first-order valence-electron chi connectivity index (χ1n) is 8.38. The number of nitrogens with zero attached hydrogens (tertiary/aromatic N) is 1. The van der Waals surface area contributed by atoms with E-state index < -0.39 is 0 Å². The average Bonchev–Trinajstić information content (AvgIpc) is 2.68. The van der Waals surface area contributed by atoms with Crippen LogP contribution in [0.15, 0.2) is 66.9 Å². The molecule has 0 unspecified atom stereocenters. The van der Waals surface area contributed by atoms with Gasteiger partial charge in [-0.3, -0.25) is 9.59 Å². The molecule has 1 heterocycles. The number of pyridine rings is 1. The Kier molecular flexibility index (Phi) is 5.56. The van der Waals surface area contributed by atoms with Crippen molar-refractivity contribution in [3.8, 4) is 0 Å². The van der Waals surface area contributed by atoms with Crippen molar-refractivity contribution >= 4 is 23.2 Å². The molecule has 0 aliphatic rings. The lowest BCUT2D eigenvalue weighted by atomic mass is 10.1. The van der Waals surface area contributed by atoms with Crippen LogP contribution in [0.4, 0.5) is 15.9 Å². The molecule has 1 amide bonds. The lowest BCUT2D eigenvalue weighted by Gasteiger charge is -2.09. The van der Waals surface area contributed by atoms with Crippen LogP contribution in [0.3, 0.4) is 0 Å². The molecule has 0 saturated heterocycles. The quantitative estimate of drug-likeness (QED) is 0.647. The highest BCUT2D eigenvalue weighted by molar-refractivity contribution is 5.95. The largest absolute Gasteiger partial charge is 0.348 e. The van der Waals surface area contributed by atoms with Gasteiger partial charge in [-0.15, -0.1) is 0 Å². The molecule has 1 aromatic heterocycles. The Morgan fingerprint density at radius 3 is 2.52 bits per heavy atom. The Labute approximate surface area is 156 Å². The highest BCUT2D eigenvalue weighted by Crippen LogP contribution is 2.17. The molecular formula is C21H18FN3O2. The number of nitrogens with one attached hydrogen (secondary N) is 2. The zero-order valence-corrected chi connectivity index (χ0v) is 14.7. The van der Waals surface area contributed by atoms with Gasteiger partial charge in [-0.05, 0) is 37.3 Å². The summed E-state index contributed by atoms with van der Waals surface area (Å²) < 4.78 is 13.6. The minimum absolute atomic E-state index is 0.0199. The molecule has 5 nitrogen and oxygen atoms in total. The Morgan fingerprint density at radius 2 is 1.81 bits per heavy atom. The number of amides is 1. The van der Waals surface area contributed by atoms with Gasteiger partial charge >= 0.3 is 0 Å². The summed E-state index contributed by atoms with van der Waals surface area (Å²) in [5.74, 6) is -0.172. The number of hydrogen-bond acceptors (Lipinski definition) is 4. The van der Waals surface area contributed by atoms with Crippen molar-refractivity contribution in [3.05, 3.63) is 89.4 Å². The molecule has 6 heteroatoms. The van der Waals surface area contributed by atoms with Crippen LogP contribution in [0, 0.1) is 5.82 Å². The summed E-state index contributed by atoms with van der Waals surface area (Å²) in [5.41, 5.74) is 2.12. The van der Waals surface area contributed by atoms with Gasteiger partial charge in [0.25, 0.3) is 5.91 Å². The molecule has 0 fully saturated rings. The van der Waals surface area contributed by atoms with Crippen molar-refractivity contribution in [2.75, 3.05) is 5.32 Å². The van der Waals surface area contributed by atoms with E-state index >= 15 is 0 Å². The van der Waals surface area contributed by atoms with E-state index in [1.54, 1.807) is 48.5 Å². The zero-order chi connectivity index (χ0) is 19.2. The predicted molar refractivity (Wildman–Crippen MR) is 102 cm³/mol. The third-order valence-electron chi connectivity index (χ3n) is 3.96. The van der Waals surface area contributed by atoms with E-state index in [2.05, 4.69) is 15.6 Å². The number of halogens is 1. The number of carbonyl (C=O) groups excluding carboxylic acids is 2. The molecule has 0 aliphatic heterocycles. The van der Waals surface area contributed by atoms with Crippen LogP contribution >= 0.6 is 0 Å². The highest BCUT2D eigenvalue weighted by atomic mass is 19.1. The van der Waals surface area contributed by atoms with Crippen molar-refractivity contribution in [2.45, 2.75) is 13.5 Å². The lowest BCUT2D eigenvalue weighted by molar-refractivity contribution is 0.0949. The Hall–Kier alpha value is -3.54. The number of aromatic nitrogens is 1. The van der Waals surface area contributed by atoms with Gasteiger partial charge < -0.3 is 10.6 Å². The number of anilines is 2. The Bertz CT molecular complexity index is 971. The van der Waals surface area contributed by atoms with E-state index in [1.165, 1.54) is 19.2 Å². The maximum absolute atomic E-state index is 13.6. The average molecular weight is 363 g/mol. The molecule has 2 N–H and O–H groups in total. The fourth-order valence-corrected chi connectivity index (χ4v) is 2.49. The van der Waals surface area contributed by atoms with Gasteiger partial charge in [-0.25, -0.2) is 9.37 Å². The number of carbonyl (C=O) groups is 2. The van der Waals surface area contributed by atoms with Crippen LogP contribution in [-0.2, 0) is 6.54 Å². The van der Waals surface area contributed by atoms with E-state index in [0.717, 1.165) is 5.69 Å².